The van der Waals surface area contributed by atoms with Gasteiger partial charge in [0.25, 0.3) is 5.69 Å². The van der Waals surface area contributed by atoms with E-state index in [0.717, 1.165) is 16.7 Å². The molecule has 0 radical (unpaired) electrons. The van der Waals surface area contributed by atoms with Crippen molar-refractivity contribution in [2.75, 3.05) is 0 Å². The van der Waals surface area contributed by atoms with Crippen molar-refractivity contribution in [1.29, 1.82) is 0 Å². The van der Waals surface area contributed by atoms with Gasteiger partial charge in [0.2, 0.25) is 0 Å². The van der Waals surface area contributed by atoms with Crippen LogP contribution in [0.1, 0.15) is 23.6 Å². The molecule has 0 fully saturated rings. The molecule has 0 aliphatic carbocycles. The lowest BCUT2D eigenvalue weighted by molar-refractivity contribution is -0.384. The van der Waals surface area contributed by atoms with E-state index in [4.69, 9.17) is 0 Å². The highest BCUT2D eigenvalue weighted by Crippen LogP contribution is 2.39. The summed E-state index contributed by atoms with van der Waals surface area (Å²) in [5.74, 6) is 0. The molecule has 114 valence electrons. The first-order chi connectivity index (χ1) is 11.1. The molecule has 3 aromatic rings. The predicted molar refractivity (Wildman–Crippen MR) is 91.5 cm³/mol. The quantitative estimate of drug-likeness (QED) is 0.389. The van der Waals surface area contributed by atoms with E-state index < -0.39 is 0 Å². The minimum Gasteiger partial charge on any atom is -0.258 e. The summed E-state index contributed by atoms with van der Waals surface area (Å²) < 4.78 is 0. The maximum atomic E-state index is 10.9. The number of nitro benzene ring substituents is 1. The van der Waals surface area contributed by atoms with Crippen molar-refractivity contribution in [3.63, 3.8) is 0 Å². The highest BCUT2D eigenvalue weighted by molar-refractivity contribution is 5.50. The maximum absolute atomic E-state index is 10.9. The molecule has 0 N–H and O–H groups in total. The van der Waals surface area contributed by atoms with Crippen molar-refractivity contribution < 1.29 is 4.92 Å². The van der Waals surface area contributed by atoms with E-state index in [1.54, 1.807) is 12.1 Å². The third-order valence-electron chi connectivity index (χ3n) is 4.36. The Kier molecular flexibility index (Phi) is 3.94. The van der Waals surface area contributed by atoms with Gasteiger partial charge in [-0.05, 0) is 23.6 Å². The number of nitrogens with zero attached hydrogens (tertiary/aromatic N) is 1. The molecule has 0 aromatic heterocycles. The van der Waals surface area contributed by atoms with Gasteiger partial charge in [-0.15, -0.1) is 0 Å². The van der Waals surface area contributed by atoms with Crippen LogP contribution in [0, 0.1) is 10.1 Å². The first-order valence-electron chi connectivity index (χ1n) is 7.48. The molecule has 0 atom stereocenters. The van der Waals surface area contributed by atoms with Crippen LogP contribution in [-0.2, 0) is 5.41 Å². The Balaban J connectivity index is 2.18. The SMILES string of the molecule is CC(c1ccccc1)(c1ccccc1)c1ccc([N+](=O)[O-])cc1. The first-order valence-corrected chi connectivity index (χ1v) is 7.48. The van der Waals surface area contributed by atoms with E-state index in [1.165, 1.54) is 0 Å². The van der Waals surface area contributed by atoms with Gasteiger partial charge in [-0.1, -0.05) is 72.8 Å². The highest BCUT2D eigenvalue weighted by atomic mass is 16.6. The zero-order chi connectivity index (χ0) is 16.3. The van der Waals surface area contributed by atoms with Crippen molar-refractivity contribution in [3.8, 4) is 0 Å². The summed E-state index contributed by atoms with van der Waals surface area (Å²) in [5.41, 5.74) is 3.08. The normalized spacial score (nSPS) is 11.2. The van der Waals surface area contributed by atoms with Crippen molar-refractivity contribution in [1.82, 2.24) is 0 Å². The Morgan fingerprint density at radius 3 is 1.48 bits per heavy atom. The molecule has 0 unspecified atom stereocenters. The minimum atomic E-state index is -0.369. The van der Waals surface area contributed by atoms with Gasteiger partial charge in [-0.2, -0.15) is 0 Å². The van der Waals surface area contributed by atoms with Crippen molar-refractivity contribution in [3.05, 3.63) is 112 Å². The second kappa shape index (κ2) is 6.05. The van der Waals surface area contributed by atoms with Crippen LogP contribution in [0.15, 0.2) is 84.9 Å². The molecule has 23 heavy (non-hydrogen) atoms. The molecule has 3 nitrogen and oxygen atoms in total. The average Bonchev–Trinajstić information content (AvgIpc) is 2.62. The van der Waals surface area contributed by atoms with Crippen LogP contribution >= 0.6 is 0 Å². The standard InChI is InChI=1S/C20H17NO2/c1-20(16-8-4-2-5-9-16,17-10-6-3-7-11-17)18-12-14-19(15-13-18)21(22)23/h2-15H,1H3. The Bertz CT molecular complexity index is 757. The van der Waals surface area contributed by atoms with Crippen molar-refractivity contribution in [2.45, 2.75) is 12.3 Å². The zero-order valence-electron chi connectivity index (χ0n) is 12.8. The van der Waals surface area contributed by atoms with Crippen molar-refractivity contribution in [2.24, 2.45) is 0 Å². The van der Waals surface area contributed by atoms with Gasteiger partial charge in [0, 0.05) is 17.5 Å². The summed E-state index contributed by atoms with van der Waals surface area (Å²) in [6.45, 7) is 2.15. The summed E-state index contributed by atoms with van der Waals surface area (Å²) >= 11 is 0. The molecule has 0 spiro atoms. The molecule has 3 aromatic carbocycles. The van der Waals surface area contributed by atoms with E-state index in [1.807, 2.05) is 48.5 Å². The molecule has 0 heterocycles. The van der Waals surface area contributed by atoms with Gasteiger partial charge in [0.1, 0.15) is 0 Å². The first kappa shape index (κ1) is 15.0. The van der Waals surface area contributed by atoms with Crippen LogP contribution in [0.3, 0.4) is 0 Å². The van der Waals surface area contributed by atoms with E-state index >= 15 is 0 Å². The van der Waals surface area contributed by atoms with E-state index in [-0.39, 0.29) is 16.0 Å². The van der Waals surface area contributed by atoms with Gasteiger partial charge in [0.15, 0.2) is 0 Å². The smallest absolute Gasteiger partial charge is 0.258 e. The minimum absolute atomic E-state index is 0.109. The number of rotatable bonds is 4. The second-order valence-corrected chi connectivity index (χ2v) is 5.66. The van der Waals surface area contributed by atoms with Gasteiger partial charge >= 0.3 is 0 Å². The molecule has 0 aliphatic heterocycles. The summed E-state index contributed by atoms with van der Waals surface area (Å²) in [5, 5.41) is 10.9. The Morgan fingerprint density at radius 1 is 0.696 bits per heavy atom. The lowest BCUT2D eigenvalue weighted by Crippen LogP contribution is -2.25. The topological polar surface area (TPSA) is 43.1 Å². The fraction of sp³-hybridized carbons (Fsp3) is 0.100. The number of hydrogen-bond acceptors (Lipinski definition) is 2. The Labute approximate surface area is 135 Å². The summed E-state index contributed by atoms with van der Waals surface area (Å²) in [6, 6.07) is 27.2. The molecular formula is C20H17NO2. The van der Waals surface area contributed by atoms with Crippen LogP contribution < -0.4 is 0 Å². The maximum Gasteiger partial charge on any atom is 0.269 e. The van der Waals surface area contributed by atoms with E-state index in [9.17, 15) is 10.1 Å². The number of non-ortho nitro benzene ring substituents is 1. The van der Waals surface area contributed by atoms with Crippen LogP contribution in [-0.4, -0.2) is 4.92 Å². The lowest BCUT2D eigenvalue weighted by Gasteiger charge is -2.31. The van der Waals surface area contributed by atoms with Crippen LogP contribution in [0.5, 0.6) is 0 Å². The second-order valence-electron chi connectivity index (χ2n) is 5.66. The van der Waals surface area contributed by atoms with Gasteiger partial charge in [-0.25, -0.2) is 0 Å². The van der Waals surface area contributed by atoms with Gasteiger partial charge in [0.05, 0.1) is 4.92 Å². The van der Waals surface area contributed by atoms with Crippen LogP contribution in [0.2, 0.25) is 0 Å². The fourth-order valence-corrected chi connectivity index (χ4v) is 2.96. The molecule has 0 bridgehead atoms. The number of benzene rings is 3. The third-order valence-corrected chi connectivity index (χ3v) is 4.36. The molecular weight excluding hydrogens is 286 g/mol. The summed E-state index contributed by atoms with van der Waals surface area (Å²) in [6.07, 6.45) is 0. The van der Waals surface area contributed by atoms with E-state index in [0.29, 0.717) is 0 Å². The third kappa shape index (κ3) is 2.73. The van der Waals surface area contributed by atoms with E-state index in [2.05, 4.69) is 31.2 Å². The van der Waals surface area contributed by atoms with Crippen LogP contribution in [0.4, 0.5) is 5.69 Å². The average molecular weight is 303 g/mol. The fourth-order valence-electron chi connectivity index (χ4n) is 2.96. The Morgan fingerprint density at radius 2 is 1.09 bits per heavy atom. The largest absolute Gasteiger partial charge is 0.269 e. The monoisotopic (exact) mass is 303 g/mol. The summed E-state index contributed by atoms with van der Waals surface area (Å²) in [7, 11) is 0. The molecule has 0 saturated carbocycles. The molecule has 0 amide bonds. The van der Waals surface area contributed by atoms with Crippen LogP contribution in [0.25, 0.3) is 0 Å². The molecule has 3 rings (SSSR count). The highest BCUT2D eigenvalue weighted by Gasteiger charge is 2.31. The Hall–Kier alpha value is -2.94. The zero-order valence-corrected chi connectivity index (χ0v) is 12.8. The number of nitro groups is 1. The molecule has 0 saturated heterocycles. The predicted octanol–water partition coefficient (Wildman–Crippen LogP) is 4.95. The van der Waals surface area contributed by atoms with Gasteiger partial charge in [-0.3, -0.25) is 10.1 Å². The molecule has 3 heteroatoms. The molecule has 0 aliphatic rings. The number of hydrogen-bond donors (Lipinski definition) is 0. The van der Waals surface area contributed by atoms with Crippen molar-refractivity contribution >= 4 is 5.69 Å². The van der Waals surface area contributed by atoms with Gasteiger partial charge < -0.3 is 0 Å². The lowest BCUT2D eigenvalue weighted by atomic mass is 9.71. The summed E-state index contributed by atoms with van der Waals surface area (Å²) in [4.78, 5) is 10.5.